The number of nitrogens with zero attached hydrogens (tertiary/aromatic N) is 1. The van der Waals surface area contributed by atoms with Crippen LogP contribution < -0.4 is 0 Å². The molecule has 86 valence electrons. The number of allylic oxidation sites excluding steroid dienone is 1. The van der Waals surface area contributed by atoms with Gasteiger partial charge in [-0.2, -0.15) is 0 Å². The largest absolute Gasteiger partial charge is 0.297 e. The van der Waals surface area contributed by atoms with E-state index in [9.17, 15) is 0 Å². The minimum atomic E-state index is 0.897. The Morgan fingerprint density at radius 2 is 2.20 bits per heavy atom. The Labute approximate surface area is 94.5 Å². The molecule has 3 unspecified atom stereocenters. The lowest BCUT2D eigenvalue weighted by atomic mass is 9.85. The van der Waals surface area contributed by atoms with Gasteiger partial charge in [-0.1, -0.05) is 13.0 Å². The molecular weight excluding hydrogens is 182 g/mol. The van der Waals surface area contributed by atoms with Gasteiger partial charge in [-0.15, -0.1) is 6.58 Å². The molecule has 0 aromatic rings. The molecule has 2 aliphatic rings. The van der Waals surface area contributed by atoms with Crippen LogP contribution in [0.2, 0.25) is 0 Å². The van der Waals surface area contributed by atoms with Crippen LogP contribution in [0.3, 0.4) is 0 Å². The lowest BCUT2D eigenvalue weighted by Crippen LogP contribution is -2.46. The highest BCUT2D eigenvalue weighted by Gasteiger charge is 2.37. The maximum atomic E-state index is 3.81. The fourth-order valence-electron chi connectivity index (χ4n) is 3.50. The SMILES string of the molecule is C=CCCCC1CCC(C)C2CCCN12. The molecule has 2 heterocycles. The minimum absolute atomic E-state index is 0.897. The Morgan fingerprint density at radius 3 is 3.00 bits per heavy atom. The average molecular weight is 207 g/mol. The van der Waals surface area contributed by atoms with Gasteiger partial charge in [-0.3, -0.25) is 4.90 Å². The Morgan fingerprint density at radius 1 is 1.33 bits per heavy atom. The molecule has 0 aliphatic carbocycles. The summed E-state index contributed by atoms with van der Waals surface area (Å²) in [5.74, 6) is 0.947. The second kappa shape index (κ2) is 5.16. The van der Waals surface area contributed by atoms with Crippen LogP contribution >= 0.6 is 0 Å². The molecule has 2 aliphatic heterocycles. The number of unbranched alkanes of at least 4 members (excludes halogenated alkanes) is 1. The summed E-state index contributed by atoms with van der Waals surface area (Å²) in [6.07, 6.45) is 11.8. The monoisotopic (exact) mass is 207 g/mol. The van der Waals surface area contributed by atoms with Crippen LogP contribution in [0, 0.1) is 5.92 Å². The normalized spacial score (nSPS) is 36.5. The van der Waals surface area contributed by atoms with Crippen molar-refractivity contribution >= 4 is 0 Å². The molecule has 2 saturated heterocycles. The zero-order chi connectivity index (χ0) is 10.7. The van der Waals surface area contributed by atoms with Gasteiger partial charge in [0, 0.05) is 12.1 Å². The van der Waals surface area contributed by atoms with Gasteiger partial charge in [0.1, 0.15) is 0 Å². The van der Waals surface area contributed by atoms with Crippen molar-refractivity contribution in [2.24, 2.45) is 5.92 Å². The third-order valence-corrected chi connectivity index (χ3v) is 4.37. The van der Waals surface area contributed by atoms with Gasteiger partial charge in [0.05, 0.1) is 0 Å². The van der Waals surface area contributed by atoms with Crippen LogP contribution in [0.4, 0.5) is 0 Å². The lowest BCUT2D eigenvalue weighted by molar-refractivity contribution is 0.0756. The number of fused-ring (bicyclic) bond motifs is 1. The van der Waals surface area contributed by atoms with Crippen molar-refractivity contribution in [2.45, 2.75) is 64.0 Å². The summed E-state index contributed by atoms with van der Waals surface area (Å²) in [4.78, 5) is 2.82. The molecule has 0 aromatic carbocycles. The zero-order valence-electron chi connectivity index (χ0n) is 10.1. The van der Waals surface area contributed by atoms with E-state index in [1.165, 1.54) is 51.5 Å². The van der Waals surface area contributed by atoms with E-state index in [-0.39, 0.29) is 0 Å². The van der Waals surface area contributed by atoms with E-state index in [2.05, 4.69) is 24.5 Å². The Bertz CT molecular complexity index is 211. The Hall–Kier alpha value is -0.300. The molecule has 2 fully saturated rings. The first-order chi connectivity index (χ1) is 7.33. The molecule has 0 saturated carbocycles. The first kappa shape index (κ1) is 11.2. The lowest BCUT2D eigenvalue weighted by Gasteiger charge is -2.41. The third-order valence-electron chi connectivity index (χ3n) is 4.37. The quantitative estimate of drug-likeness (QED) is 0.503. The zero-order valence-corrected chi connectivity index (χ0v) is 10.1. The first-order valence-corrected chi connectivity index (χ1v) is 6.69. The molecule has 3 atom stereocenters. The fraction of sp³-hybridized carbons (Fsp3) is 0.857. The van der Waals surface area contributed by atoms with E-state index in [0.29, 0.717) is 0 Å². The summed E-state index contributed by atoms with van der Waals surface area (Å²) in [6.45, 7) is 7.62. The van der Waals surface area contributed by atoms with Crippen molar-refractivity contribution in [3.63, 3.8) is 0 Å². The minimum Gasteiger partial charge on any atom is -0.297 e. The van der Waals surface area contributed by atoms with Gasteiger partial charge in [0.2, 0.25) is 0 Å². The summed E-state index contributed by atoms with van der Waals surface area (Å²) in [7, 11) is 0. The molecule has 0 bridgehead atoms. The highest BCUT2D eigenvalue weighted by Crippen LogP contribution is 2.36. The van der Waals surface area contributed by atoms with Crippen LogP contribution in [0.25, 0.3) is 0 Å². The Balaban J connectivity index is 1.86. The van der Waals surface area contributed by atoms with Gasteiger partial charge in [0.15, 0.2) is 0 Å². The van der Waals surface area contributed by atoms with Crippen molar-refractivity contribution < 1.29 is 0 Å². The summed E-state index contributed by atoms with van der Waals surface area (Å²) < 4.78 is 0. The van der Waals surface area contributed by atoms with Crippen LogP contribution in [-0.2, 0) is 0 Å². The number of hydrogen-bond donors (Lipinski definition) is 0. The summed E-state index contributed by atoms with van der Waals surface area (Å²) in [6, 6.07) is 1.82. The standard InChI is InChI=1S/C14H25N/c1-3-4-5-7-13-10-9-12(2)14-8-6-11-15(13)14/h3,12-14H,1,4-11H2,2H3. The van der Waals surface area contributed by atoms with Crippen LogP contribution in [0.15, 0.2) is 12.7 Å². The van der Waals surface area contributed by atoms with Crippen LogP contribution in [0.5, 0.6) is 0 Å². The van der Waals surface area contributed by atoms with Crippen molar-refractivity contribution in [1.82, 2.24) is 4.90 Å². The molecular formula is C14H25N. The molecule has 0 N–H and O–H groups in total. The van der Waals surface area contributed by atoms with E-state index in [4.69, 9.17) is 0 Å². The van der Waals surface area contributed by atoms with E-state index in [0.717, 1.165) is 18.0 Å². The summed E-state index contributed by atoms with van der Waals surface area (Å²) >= 11 is 0. The molecule has 0 radical (unpaired) electrons. The molecule has 2 rings (SSSR count). The predicted octanol–water partition coefficient (Wildman–Crippen LogP) is 3.61. The van der Waals surface area contributed by atoms with E-state index >= 15 is 0 Å². The summed E-state index contributed by atoms with van der Waals surface area (Å²) in [5, 5.41) is 0. The van der Waals surface area contributed by atoms with Gasteiger partial charge >= 0.3 is 0 Å². The first-order valence-electron chi connectivity index (χ1n) is 6.69. The molecule has 0 spiro atoms. The molecule has 15 heavy (non-hydrogen) atoms. The maximum Gasteiger partial charge on any atom is 0.0124 e. The van der Waals surface area contributed by atoms with Gasteiger partial charge < -0.3 is 0 Å². The molecule has 1 heteroatoms. The molecule has 1 nitrogen and oxygen atoms in total. The second-order valence-corrected chi connectivity index (χ2v) is 5.38. The van der Waals surface area contributed by atoms with Crippen molar-refractivity contribution in [1.29, 1.82) is 0 Å². The van der Waals surface area contributed by atoms with E-state index in [1.54, 1.807) is 0 Å². The predicted molar refractivity (Wildman–Crippen MR) is 66.0 cm³/mol. The van der Waals surface area contributed by atoms with Crippen molar-refractivity contribution in [2.75, 3.05) is 6.54 Å². The Kier molecular flexibility index (Phi) is 3.85. The second-order valence-electron chi connectivity index (χ2n) is 5.38. The highest BCUT2D eigenvalue weighted by molar-refractivity contribution is 4.92. The van der Waals surface area contributed by atoms with Crippen LogP contribution in [0.1, 0.15) is 51.9 Å². The van der Waals surface area contributed by atoms with Crippen molar-refractivity contribution in [3.05, 3.63) is 12.7 Å². The van der Waals surface area contributed by atoms with Gasteiger partial charge in [-0.25, -0.2) is 0 Å². The maximum absolute atomic E-state index is 3.81. The van der Waals surface area contributed by atoms with Gasteiger partial charge in [-0.05, 0) is 57.4 Å². The number of piperidine rings is 1. The van der Waals surface area contributed by atoms with Crippen LogP contribution in [-0.4, -0.2) is 23.5 Å². The number of hydrogen-bond acceptors (Lipinski definition) is 1. The fourth-order valence-corrected chi connectivity index (χ4v) is 3.50. The highest BCUT2D eigenvalue weighted by atomic mass is 15.2. The molecule has 0 amide bonds. The smallest absolute Gasteiger partial charge is 0.0124 e. The summed E-state index contributed by atoms with van der Waals surface area (Å²) in [5.41, 5.74) is 0. The van der Waals surface area contributed by atoms with E-state index in [1.807, 2.05) is 0 Å². The molecule has 0 aromatic heterocycles. The van der Waals surface area contributed by atoms with Gasteiger partial charge in [0.25, 0.3) is 0 Å². The topological polar surface area (TPSA) is 3.24 Å². The average Bonchev–Trinajstić information content (AvgIpc) is 2.71. The third kappa shape index (κ3) is 2.44. The number of rotatable bonds is 4. The van der Waals surface area contributed by atoms with Crippen molar-refractivity contribution in [3.8, 4) is 0 Å². The van der Waals surface area contributed by atoms with E-state index < -0.39 is 0 Å².